The fourth-order valence-corrected chi connectivity index (χ4v) is 4.57. The molecular weight excluding hydrogens is 510 g/mol. The Bertz CT molecular complexity index is 1460. The highest BCUT2D eigenvalue weighted by Gasteiger charge is 2.20. The highest BCUT2D eigenvalue weighted by Crippen LogP contribution is 2.22. The normalized spacial score (nSPS) is 15.9. The number of anilines is 3. The Morgan fingerprint density at radius 1 is 0.800 bits per heavy atom. The van der Waals surface area contributed by atoms with Crippen LogP contribution in [0.5, 0.6) is 5.75 Å². The van der Waals surface area contributed by atoms with Gasteiger partial charge in [0.2, 0.25) is 17.8 Å². The first-order valence-corrected chi connectivity index (χ1v) is 13.2. The quantitative estimate of drug-likeness (QED) is 0.162. The monoisotopic (exact) mass is 539 g/mol. The third-order valence-electron chi connectivity index (χ3n) is 6.68. The van der Waals surface area contributed by atoms with Crippen molar-refractivity contribution in [2.45, 2.75) is 0 Å². The highest BCUT2D eigenvalue weighted by molar-refractivity contribution is 6.05. The number of nitrogens with zero attached hydrogens (tertiary/aromatic N) is 6. The van der Waals surface area contributed by atoms with Crippen molar-refractivity contribution in [1.82, 2.24) is 15.0 Å². The molecule has 2 fully saturated rings. The molecule has 0 radical (unpaired) electrons. The molecule has 11 nitrogen and oxygen atoms in total. The molecule has 0 aliphatic carbocycles. The predicted molar refractivity (Wildman–Crippen MR) is 152 cm³/mol. The van der Waals surface area contributed by atoms with Gasteiger partial charge >= 0.3 is 5.97 Å². The zero-order valence-corrected chi connectivity index (χ0v) is 21.9. The Kier molecular flexibility index (Phi) is 7.73. The van der Waals surface area contributed by atoms with Crippen molar-refractivity contribution in [2.24, 2.45) is 5.10 Å². The molecule has 0 unspecified atom stereocenters. The maximum atomic E-state index is 12.8. The van der Waals surface area contributed by atoms with Crippen molar-refractivity contribution in [3.8, 4) is 5.75 Å². The van der Waals surface area contributed by atoms with E-state index in [2.05, 4.69) is 30.3 Å². The van der Waals surface area contributed by atoms with Crippen LogP contribution >= 0.6 is 0 Å². The maximum absolute atomic E-state index is 12.8. The summed E-state index contributed by atoms with van der Waals surface area (Å²) in [4.78, 5) is 30.9. The van der Waals surface area contributed by atoms with E-state index in [0.717, 1.165) is 16.3 Å². The van der Waals surface area contributed by atoms with Gasteiger partial charge in [-0.25, -0.2) is 10.2 Å². The average Bonchev–Trinajstić information content (AvgIpc) is 3.02. The third-order valence-corrected chi connectivity index (χ3v) is 6.68. The summed E-state index contributed by atoms with van der Waals surface area (Å²) in [5.74, 6) is 1.59. The van der Waals surface area contributed by atoms with Gasteiger partial charge in [0, 0.05) is 26.2 Å². The number of fused-ring (bicyclic) bond motifs is 1. The molecule has 0 amide bonds. The minimum atomic E-state index is -0.401. The number of hydrogen-bond acceptors (Lipinski definition) is 11. The molecule has 0 saturated carbocycles. The van der Waals surface area contributed by atoms with Crippen LogP contribution < -0.4 is 20.0 Å². The van der Waals surface area contributed by atoms with Gasteiger partial charge in [-0.05, 0) is 46.7 Å². The zero-order chi connectivity index (χ0) is 27.1. The molecule has 1 aromatic heterocycles. The minimum Gasteiger partial charge on any atom is -0.423 e. The van der Waals surface area contributed by atoms with Crippen molar-refractivity contribution < 1.29 is 19.0 Å². The fourth-order valence-electron chi connectivity index (χ4n) is 4.57. The van der Waals surface area contributed by atoms with E-state index >= 15 is 0 Å². The molecule has 6 rings (SSSR count). The number of carbonyl (C=O) groups excluding carboxylic acids is 1. The first kappa shape index (κ1) is 25.7. The van der Waals surface area contributed by atoms with E-state index < -0.39 is 5.97 Å². The van der Waals surface area contributed by atoms with E-state index in [4.69, 9.17) is 19.2 Å². The Balaban J connectivity index is 1.13. The van der Waals surface area contributed by atoms with E-state index in [-0.39, 0.29) is 0 Å². The topological polar surface area (TPSA) is 114 Å². The number of nitrogens with one attached hydrogen (secondary N) is 1. The lowest BCUT2D eigenvalue weighted by Crippen LogP contribution is -2.40. The van der Waals surface area contributed by atoms with Crippen LogP contribution in [0.15, 0.2) is 71.8 Å². The second kappa shape index (κ2) is 12.1. The molecule has 2 aliphatic heterocycles. The molecule has 2 saturated heterocycles. The Morgan fingerprint density at radius 3 is 2.10 bits per heavy atom. The largest absolute Gasteiger partial charge is 0.423 e. The van der Waals surface area contributed by atoms with Gasteiger partial charge in [0.1, 0.15) is 5.75 Å². The Labute approximate surface area is 231 Å². The van der Waals surface area contributed by atoms with Crippen molar-refractivity contribution in [2.75, 3.05) is 67.8 Å². The summed E-state index contributed by atoms with van der Waals surface area (Å²) in [5, 5.41) is 6.18. The molecule has 1 N–H and O–H groups in total. The summed E-state index contributed by atoms with van der Waals surface area (Å²) in [7, 11) is 0. The molecule has 4 aromatic rings. The summed E-state index contributed by atoms with van der Waals surface area (Å²) < 4.78 is 16.6. The predicted octanol–water partition coefficient (Wildman–Crippen LogP) is 3.36. The summed E-state index contributed by atoms with van der Waals surface area (Å²) >= 11 is 0. The van der Waals surface area contributed by atoms with Crippen LogP contribution in [0.4, 0.5) is 17.8 Å². The standard InChI is InChI=1S/C29H29N7O4/c37-26(25-7-3-5-22-4-1-2-6-24(22)25)40-23-10-8-21(9-11-23)20-30-34-27-31-28(35-12-16-38-17-13-35)33-29(32-27)36-14-18-39-19-15-36/h1-11,20H,12-19H2,(H,31,32,33,34)/b30-20-. The van der Waals surface area contributed by atoms with E-state index in [1.165, 1.54) is 0 Å². The van der Waals surface area contributed by atoms with Crippen LogP contribution in [0.3, 0.4) is 0 Å². The molecule has 2 aliphatic rings. The number of benzene rings is 3. The van der Waals surface area contributed by atoms with Crippen molar-refractivity contribution in [3.05, 3.63) is 77.9 Å². The number of ether oxygens (including phenoxy) is 3. The van der Waals surface area contributed by atoms with E-state index in [1.54, 1.807) is 24.4 Å². The van der Waals surface area contributed by atoms with Crippen LogP contribution in [0, 0.1) is 0 Å². The molecule has 3 heterocycles. The molecule has 40 heavy (non-hydrogen) atoms. The van der Waals surface area contributed by atoms with E-state index in [0.29, 0.717) is 81.8 Å². The SMILES string of the molecule is O=C(Oc1ccc(/C=N\Nc2nc(N3CCOCC3)nc(N3CCOCC3)n2)cc1)c1cccc2ccccc12. The number of carbonyl (C=O) groups is 1. The van der Waals surface area contributed by atoms with Gasteiger partial charge < -0.3 is 24.0 Å². The van der Waals surface area contributed by atoms with Gasteiger partial charge in [-0.1, -0.05) is 36.4 Å². The molecule has 204 valence electrons. The highest BCUT2D eigenvalue weighted by atomic mass is 16.5. The van der Waals surface area contributed by atoms with Gasteiger partial charge in [0.15, 0.2) is 0 Å². The average molecular weight is 540 g/mol. The minimum absolute atomic E-state index is 0.356. The number of aromatic nitrogens is 3. The van der Waals surface area contributed by atoms with Crippen LogP contribution in [-0.2, 0) is 9.47 Å². The van der Waals surface area contributed by atoms with E-state index in [1.807, 2.05) is 48.5 Å². The lowest BCUT2D eigenvalue weighted by atomic mass is 10.0. The molecule has 3 aromatic carbocycles. The summed E-state index contributed by atoms with van der Waals surface area (Å²) in [6.45, 7) is 5.39. The smallest absolute Gasteiger partial charge is 0.344 e. The van der Waals surface area contributed by atoms with Gasteiger partial charge in [-0.15, -0.1) is 0 Å². The summed E-state index contributed by atoms with van der Waals surface area (Å²) in [6, 6.07) is 20.4. The van der Waals surface area contributed by atoms with E-state index in [9.17, 15) is 4.79 Å². The number of hydrazone groups is 1. The zero-order valence-electron chi connectivity index (χ0n) is 21.9. The number of rotatable bonds is 7. The van der Waals surface area contributed by atoms with Crippen LogP contribution in [-0.4, -0.2) is 79.7 Å². The summed E-state index contributed by atoms with van der Waals surface area (Å²) in [5.41, 5.74) is 4.28. The van der Waals surface area contributed by atoms with Crippen LogP contribution in [0.1, 0.15) is 15.9 Å². The lowest BCUT2D eigenvalue weighted by molar-refractivity contribution is 0.0737. The first-order valence-electron chi connectivity index (χ1n) is 13.2. The van der Waals surface area contributed by atoms with Crippen molar-refractivity contribution in [1.29, 1.82) is 0 Å². The van der Waals surface area contributed by atoms with Gasteiger partial charge in [-0.2, -0.15) is 20.1 Å². The van der Waals surface area contributed by atoms with Gasteiger partial charge in [0.25, 0.3) is 0 Å². The van der Waals surface area contributed by atoms with Crippen LogP contribution in [0.25, 0.3) is 10.8 Å². The van der Waals surface area contributed by atoms with Crippen molar-refractivity contribution >= 4 is 40.8 Å². The van der Waals surface area contributed by atoms with Crippen molar-refractivity contribution in [3.63, 3.8) is 0 Å². The molecule has 0 atom stereocenters. The number of esters is 1. The second-order valence-electron chi connectivity index (χ2n) is 9.31. The third kappa shape index (κ3) is 6.00. The Hall–Kier alpha value is -4.61. The van der Waals surface area contributed by atoms with Gasteiger partial charge in [-0.3, -0.25) is 0 Å². The Morgan fingerprint density at radius 2 is 1.43 bits per heavy atom. The van der Waals surface area contributed by atoms with Crippen LogP contribution in [0.2, 0.25) is 0 Å². The molecule has 0 bridgehead atoms. The fraction of sp³-hybridized carbons (Fsp3) is 0.276. The molecule has 11 heteroatoms. The second-order valence-corrected chi connectivity index (χ2v) is 9.31. The molecule has 0 spiro atoms. The number of hydrogen-bond donors (Lipinski definition) is 1. The van der Waals surface area contributed by atoms with Gasteiger partial charge in [0.05, 0.1) is 38.2 Å². The number of morpholine rings is 2. The lowest BCUT2D eigenvalue weighted by Gasteiger charge is -2.30. The molecular formula is C29H29N7O4. The first-order chi connectivity index (χ1) is 19.7. The summed E-state index contributed by atoms with van der Waals surface area (Å²) in [6.07, 6.45) is 1.66. The maximum Gasteiger partial charge on any atom is 0.344 e.